The molecule has 0 aromatic carbocycles. The van der Waals surface area contributed by atoms with Gasteiger partial charge in [-0.05, 0) is 27.7 Å². The van der Waals surface area contributed by atoms with Crippen molar-refractivity contribution in [2.45, 2.75) is 27.7 Å². The molecule has 0 rings (SSSR count). The Morgan fingerprint density at radius 2 is 0.636 bits per heavy atom. The van der Waals surface area contributed by atoms with Gasteiger partial charge in [-0.3, -0.25) is 47.4 Å². The molecular weight excluding hydrogens is 352 g/mol. The van der Waals surface area contributed by atoms with Crippen LogP contribution in [0.3, 0.4) is 0 Å². The SMILES string of the molecule is [C-]#CC#CC.[C-]#CC#CC.[C-]#CC#CC.[C-]#CC#CC.[Fe+2].[Fe+3].[HH].[HH].[HH].[HH]. The van der Waals surface area contributed by atoms with Gasteiger partial charge in [-0.15, -0.1) is 0 Å². The first-order valence-electron chi connectivity index (χ1n) is 5.00. The molecule has 0 aliphatic rings. The van der Waals surface area contributed by atoms with Gasteiger partial charge in [-0.1, -0.05) is 0 Å². The summed E-state index contributed by atoms with van der Waals surface area (Å²) in [7, 11) is 0. The van der Waals surface area contributed by atoms with Crippen LogP contribution in [-0.2, 0) is 34.1 Å². The first-order valence-corrected chi connectivity index (χ1v) is 5.00. The van der Waals surface area contributed by atoms with E-state index in [1.807, 2.05) is 23.7 Å². The van der Waals surface area contributed by atoms with Crippen LogP contribution < -0.4 is 0 Å². The van der Waals surface area contributed by atoms with Crippen LogP contribution in [0.1, 0.15) is 33.4 Å². The molecule has 0 aromatic heterocycles. The van der Waals surface area contributed by atoms with Crippen LogP contribution in [-0.4, -0.2) is 0 Å². The van der Waals surface area contributed by atoms with E-state index in [0.717, 1.165) is 0 Å². The standard InChI is InChI=1S/4C5H3.2Fe.4H2/c4*1-3-5-4-2;;;;;;/h4*1H3;;;4*1H/q4*-1;+2;+3;;;;. The second-order valence-corrected chi connectivity index (χ2v) is 2.00. The maximum Gasteiger partial charge on any atom is 3.00 e. The Morgan fingerprint density at radius 3 is 0.636 bits per heavy atom. The Hall–Kier alpha value is -2.48. The monoisotopic (exact) mass is 372 g/mol. The van der Waals surface area contributed by atoms with Gasteiger partial charge in [0.15, 0.2) is 0 Å². The minimum Gasteiger partial charge on any atom is -0.358 e. The Labute approximate surface area is 164 Å². The Morgan fingerprint density at radius 1 is 0.500 bits per heavy atom. The van der Waals surface area contributed by atoms with Crippen LogP contribution in [0.5, 0.6) is 0 Å². The molecule has 0 spiro atoms. The second-order valence-electron chi connectivity index (χ2n) is 2.00. The molecule has 0 bridgehead atoms. The molecule has 1 radical (unpaired) electrons. The Bertz CT molecular complexity index is 520. The van der Waals surface area contributed by atoms with Gasteiger partial charge < -0.3 is 25.7 Å². The summed E-state index contributed by atoms with van der Waals surface area (Å²) in [6.07, 6.45) is 24.7. The number of hydrogen-bond donors (Lipinski definition) is 0. The summed E-state index contributed by atoms with van der Waals surface area (Å²) >= 11 is 0. The molecule has 0 N–H and O–H groups in total. The normalized spacial score (nSPS) is 2.91. The molecule has 0 atom stereocenters. The molecule has 115 valence electrons. The largest absolute Gasteiger partial charge is 3.00 e. The molecule has 0 unspecified atom stereocenters. The van der Waals surface area contributed by atoms with Crippen molar-refractivity contribution in [2.75, 3.05) is 0 Å². The fourth-order valence-corrected chi connectivity index (χ4v) is 0.250. The zero-order chi connectivity index (χ0) is 16.5. The maximum absolute atomic E-state index is 6.18. The molecule has 0 heterocycles. The van der Waals surface area contributed by atoms with Crippen molar-refractivity contribution >= 4 is 0 Å². The zero-order valence-corrected chi connectivity index (χ0v) is 14.9. The first kappa shape index (κ1) is 36.6. The molecule has 0 aromatic rings. The van der Waals surface area contributed by atoms with Crippen LogP contribution in [0.2, 0.25) is 0 Å². The minimum atomic E-state index is 0. The molecule has 0 amide bonds. The fraction of sp³-hybridized carbons (Fsp3) is 0.200. The van der Waals surface area contributed by atoms with Gasteiger partial charge in [-0.2, -0.15) is 0 Å². The van der Waals surface area contributed by atoms with Crippen molar-refractivity contribution in [3.63, 3.8) is 0 Å². The van der Waals surface area contributed by atoms with Crippen LogP contribution in [0.15, 0.2) is 0 Å². The second kappa shape index (κ2) is 62.7. The Balaban J connectivity index is -0.0000000152. The molecule has 0 aliphatic carbocycles. The predicted molar refractivity (Wildman–Crippen MR) is 90.8 cm³/mol. The summed E-state index contributed by atoms with van der Waals surface area (Å²) in [5, 5.41) is 0. The van der Waals surface area contributed by atoms with E-state index in [9.17, 15) is 0 Å². The van der Waals surface area contributed by atoms with Gasteiger partial charge in [0.2, 0.25) is 0 Å². The number of hydrogen-bond acceptors (Lipinski definition) is 0. The quantitative estimate of drug-likeness (QED) is 0.348. The molecule has 0 fully saturated rings. The maximum atomic E-state index is 6.18. The minimum absolute atomic E-state index is 0. The van der Waals surface area contributed by atoms with E-state index in [1.165, 1.54) is 0 Å². The van der Waals surface area contributed by atoms with Crippen LogP contribution in [0.25, 0.3) is 0 Å². The van der Waals surface area contributed by atoms with Crippen molar-refractivity contribution in [3.05, 3.63) is 25.7 Å². The van der Waals surface area contributed by atoms with Crippen LogP contribution in [0.4, 0.5) is 0 Å². The Kier molecular flexibility index (Phi) is 104. The van der Waals surface area contributed by atoms with E-state index < -0.39 is 0 Å². The average molecular weight is 372 g/mol. The van der Waals surface area contributed by atoms with Crippen molar-refractivity contribution in [1.82, 2.24) is 0 Å². The van der Waals surface area contributed by atoms with E-state index in [-0.39, 0.29) is 39.8 Å². The zero-order valence-electron chi connectivity index (χ0n) is 12.7. The molecule has 0 aliphatic heterocycles. The van der Waals surface area contributed by atoms with Gasteiger partial charge in [0.25, 0.3) is 0 Å². The summed E-state index contributed by atoms with van der Waals surface area (Å²) in [6, 6.07) is 0. The predicted octanol–water partition coefficient (Wildman–Crippen LogP) is 3.38. The van der Waals surface area contributed by atoms with Crippen LogP contribution in [0, 0.1) is 96.7 Å². The van der Waals surface area contributed by atoms with Gasteiger partial charge in [-0.25, -0.2) is 23.7 Å². The average Bonchev–Trinajstić information content (AvgIpc) is 2.44. The third-order valence-corrected chi connectivity index (χ3v) is 0.750. The van der Waals surface area contributed by atoms with Gasteiger partial charge >= 0.3 is 34.1 Å². The van der Waals surface area contributed by atoms with Crippen molar-refractivity contribution < 1.29 is 39.8 Å². The fourth-order valence-electron chi connectivity index (χ4n) is 0.250. The van der Waals surface area contributed by atoms with E-state index in [4.69, 9.17) is 25.7 Å². The molecule has 22 heavy (non-hydrogen) atoms. The van der Waals surface area contributed by atoms with Gasteiger partial charge in [0.05, 0.1) is 0 Å². The third kappa shape index (κ3) is 157. The van der Waals surface area contributed by atoms with Gasteiger partial charge in [0, 0.05) is 5.71 Å². The van der Waals surface area contributed by atoms with E-state index in [2.05, 4.69) is 47.4 Å². The smallest absolute Gasteiger partial charge is 0.358 e. The molecule has 2 heteroatoms. The van der Waals surface area contributed by atoms with Crippen molar-refractivity contribution in [1.29, 1.82) is 0 Å². The summed E-state index contributed by atoms with van der Waals surface area (Å²) in [4.78, 5) is 0. The van der Waals surface area contributed by atoms with E-state index in [0.29, 0.717) is 0 Å². The van der Waals surface area contributed by atoms with Crippen molar-refractivity contribution in [3.8, 4) is 71.0 Å². The first-order chi connectivity index (χ1) is 9.66. The van der Waals surface area contributed by atoms with E-state index in [1.54, 1.807) is 27.7 Å². The number of rotatable bonds is 0. The van der Waals surface area contributed by atoms with E-state index >= 15 is 0 Å². The summed E-state index contributed by atoms with van der Waals surface area (Å²) in [6.45, 7) is 6.67. The molecular formula is C20H20Fe2+. The molecule has 0 saturated heterocycles. The summed E-state index contributed by atoms with van der Waals surface area (Å²) in [5.74, 6) is 26.6. The summed E-state index contributed by atoms with van der Waals surface area (Å²) < 4.78 is 0. The summed E-state index contributed by atoms with van der Waals surface area (Å²) in [5.41, 5.74) is 0. The third-order valence-electron chi connectivity index (χ3n) is 0.750. The molecule has 0 nitrogen and oxygen atoms in total. The molecule has 0 saturated carbocycles. The van der Waals surface area contributed by atoms with Crippen LogP contribution >= 0.6 is 0 Å². The van der Waals surface area contributed by atoms with Gasteiger partial charge in [0.1, 0.15) is 0 Å². The van der Waals surface area contributed by atoms with Crippen molar-refractivity contribution in [2.24, 2.45) is 0 Å². The topological polar surface area (TPSA) is 0 Å².